The number of aliphatic hydroxyl groups excluding tert-OH is 1. The largest absolute Gasteiger partial charge is 0.396 e. The minimum atomic E-state index is 0.0144. The van der Waals surface area contributed by atoms with E-state index in [1.54, 1.807) is 0 Å². The van der Waals surface area contributed by atoms with Gasteiger partial charge in [-0.15, -0.1) is 0 Å². The highest BCUT2D eigenvalue weighted by molar-refractivity contribution is 5.85. The molecule has 0 aliphatic carbocycles. The molecule has 0 saturated carbocycles. The molecule has 0 aromatic heterocycles. The molecule has 0 radical (unpaired) electrons. The van der Waals surface area contributed by atoms with Gasteiger partial charge in [-0.05, 0) is 29.2 Å². The van der Waals surface area contributed by atoms with E-state index in [9.17, 15) is 4.79 Å². The van der Waals surface area contributed by atoms with Gasteiger partial charge in [0.05, 0.1) is 6.42 Å². The zero-order chi connectivity index (χ0) is 14.4. The van der Waals surface area contributed by atoms with Gasteiger partial charge in [-0.1, -0.05) is 49.4 Å². The predicted molar refractivity (Wildman–Crippen MR) is 81.6 cm³/mol. The van der Waals surface area contributed by atoms with Crippen LogP contribution in [0.3, 0.4) is 0 Å². The van der Waals surface area contributed by atoms with Crippen LogP contribution in [0.15, 0.2) is 42.5 Å². The SMILES string of the molecule is CCC(CCO)NC(=O)Cc1ccc2ccccc2c1. The van der Waals surface area contributed by atoms with E-state index >= 15 is 0 Å². The summed E-state index contributed by atoms with van der Waals surface area (Å²) >= 11 is 0. The number of aliphatic hydroxyl groups is 1. The van der Waals surface area contributed by atoms with Crippen LogP contribution in [-0.2, 0) is 11.2 Å². The zero-order valence-corrected chi connectivity index (χ0v) is 11.8. The second kappa shape index (κ2) is 7.06. The van der Waals surface area contributed by atoms with Crippen molar-refractivity contribution in [2.45, 2.75) is 32.2 Å². The molecule has 0 aliphatic heterocycles. The number of hydrogen-bond acceptors (Lipinski definition) is 2. The average Bonchev–Trinajstić information content (AvgIpc) is 2.46. The van der Waals surface area contributed by atoms with Gasteiger partial charge in [0.25, 0.3) is 0 Å². The van der Waals surface area contributed by atoms with Gasteiger partial charge in [-0.2, -0.15) is 0 Å². The first kappa shape index (κ1) is 14.5. The Bertz CT molecular complexity index is 580. The lowest BCUT2D eigenvalue weighted by Crippen LogP contribution is -2.36. The molecule has 2 rings (SSSR count). The third kappa shape index (κ3) is 3.81. The molecule has 3 heteroatoms. The number of carbonyl (C=O) groups excluding carboxylic acids is 1. The van der Waals surface area contributed by atoms with Crippen molar-refractivity contribution in [2.75, 3.05) is 6.61 Å². The number of rotatable bonds is 6. The maximum atomic E-state index is 12.0. The number of carbonyl (C=O) groups is 1. The summed E-state index contributed by atoms with van der Waals surface area (Å²) in [6, 6.07) is 14.3. The summed E-state index contributed by atoms with van der Waals surface area (Å²) in [6.07, 6.45) is 1.83. The highest BCUT2D eigenvalue weighted by Crippen LogP contribution is 2.16. The van der Waals surface area contributed by atoms with Crippen molar-refractivity contribution in [1.82, 2.24) is 5.32 Å². The molecule has 2 aromatic carbocycles. The normalized spacial score (nSPS) is 12.3. The minimum absolute atomic E-state index is 0.0144. The van der Waals surface area contributed by atoms with E-state index in [0.29, 0.717) is 12.8 Å². The highest BCUT2D eigenvalue weighted by atomic mass is 16.3. The van der Waals surface area contributed by atoms with Gasteiger partial charge in [0.2, 0.25) is 5.91 Å². The Labute approximate surface area is 119 Å². The van der Waals surface area contributed by atoms with Crippen molar-refractivity contribution >= 4 is 16.7 Å². The molecular formula is C17H21NO2. The number of fused-ring (bicyclic) bond motifs is 1. The Morgan fingerprint density at radius 2 is 1.95 bits per heavy atom. The van der Waals surface area contributed by atoms with Crippen molar-refractivity contribution in [1.29, 1.82) is 0 Å². The number of benzene rings is 2. The van der Waals surface area contributed by atoms with Crippen LogP contribution in [0.4, 0.5) is 0 Å². The van der Waals surface area contributed by atoms with Gasteiger partial charge >= 0.3 is 0 Å². The van der Waals surface area contributed by atoms with Gasteiger partial charge in [0, 0.05) is 12.6 Å². The standard InChI is InChI=1S/C17H21NO2/c1-2-16(9-10-19)18-17(20)12-13-7-8-14-5-3-4-6-15(14)11-13/h3-8,11,16,19H,2,9-10,12H2,1H3,(H,18,20). The Balaban J connectivity index is 2.02. The Morgan fingerprint density at radius 1 is 1.20 bits per heavy atom. The van der Waals surface area contributed by atoms with E-state index in [2.05, 4.69) is 23.5 Å². The molecule has 2 N–H and O–H groups in total. The first-order valence-electron chi connectivity index (χ1n) is 7.11. The smallest absolute Gasteiger partial charge is 0.224 e. The number of hydrogen-bond donors (Lipinski definition) is 2. The fraction of sp³-hybridized carbons (Fsp3) is 0.353. The number of nitrogens with one attached hydrogen (secondary N) is 1. The number of amides is 1. The van der Waals surface area contributed by atoms with Crippen molar-refractivity contribution in [3.05, 3.63) is 48.0 Å². The van der Waals surface area contributed by atoms with Crippen LogP contribution in [0.1, 0.15) is 25.3 Å². The highest BCUT2D eigenvalue weighted by Gasteiger charge is 2.10. The summed E-state index contributed by atoms with van der Waals surface area (Å²) in [5.41, 5.74) is 1.01. The molecule has 20 heavy (non-hydrogen) atoms. The van der Waals surface area contributed by atoms with Crippen molar-refractivity contribution < 1.29 is 9.90 Å². The van der Waals surface area contributed by atoms with Crippen LogP contribution < -0.4 is 5.32 Å². The topological polar surface area (TPSA) is 49.3 Å². The van der Waals surface area contributed by atoms with Crippen LogP contribution in [-0.4, -0.2) is 23.7 Å². The van der Waals surface area contributed by atoms with E-state index in [0.717, 1.165) is 17.4 Å². The monoisotopic (exact) mass is 271 g/mol. The Morgan fingerprint density at radius 3 is 2.65 bits per heavy atom. The summed E-state index contributed by atoms with van der Waals surface area (Å²) in [6.45, 7) is 2.12. The molecule has 0 aliphatic rings. The van der Waals surface area contributed by atoms with Gasteiger partial charge in [-0.3, -0.25) is 4.79 Å². The maximum Gasteiger partial charge on any atom is 0.224 e. The fourth-order valence-electron chi connectivity index (χ4n) is 2.35. The van der Waals surface area contributed by atoms with Crippen LogP contribution in [0.5, 0.6) is 0 Å². The average molecular weight is 271 g/mol. The van der Waals surface area contributed by atoms with E-state index in [1.165, 1.54) is 5.39 Å². The first-order chi connectivity index (χ1) is 9.72. The third-order valence-electron chi connectivity index (χ3n) is 3.51. The second-order valence-electron chi connectivity index (χ2n) is 5.04. The quantitative estimate of drug-likeness (QED) is 0.848. The minimum Gasteiger partial charge on any atom is -0.396 e. The summed E-state index contributed by atoms with van der Waals surface area (Å²) < 4.78 is 0. The maximum absolute atomic E-state index is 12.0. The van der Waals surface area contributed by atoms with Crippen molar-refractivity contribution in [3.63, 3.8) is 0 Å². The van der Waals surface area contributed by atoms with E-state index in [-0.39, 0.29) is 18.6 Å². The summed E-state index contributed by atoms with van der Waals surface area (Å²) in [5.74, 6) is 0.0144. The molecule has 0 fully saturated rings. The molecule has 0 heterocycles. The van der Waals surface area contributed by atoms with Crippen molar-refractivity contribution in [2.24, 2.45) is 0 Å². The fourth-order valence-corrected chi connectivity index (χ4v) is 2.35. The molecular weight excluding hydrogens is 250 g/mol. The predicted octanol–water partition coefficient (Wildman–Crippen LogP) is 2.66. The van der Waals surface area contributed by atoms with Gasteiger partial charge < -0.3 is 10.4 Å². The van der Waals surface area contributed by atoms with E-state index < -0.39 is 0 Å². The molecule has 1 amide bonds. The lowest BCUT2D eigenvalue weighted by Gasteiger charge is -2.15. The van der Waals surface area contributed by atoms with Crippen LogP contribution in [0.25, 0.3) is 10.8 Å². The van der Waals surface area contributed by atoms with Crippen LogP contribution in [0.2, 0.25) is 0 Å². The zero-order valence-electron chi connectivity index (χ0n) is 11.8. The molecule has 3 nitrogen and oxygen atoms in total. The molecule has 0 bridgehead atoms. The van der Waals surface area contributed by atoms with Gasteiger partial charge in [0.1, 0.15) is 0 Å². The summed E-state index contributed by atoms with van der Waals surface area (Å²) in [5, 5.41) is 14.2. The lowest BCUT2D eigenvalue weighted by atomic mass is 10.0. The summed E-state index contributed by atoms with van der Waals surface area (Å²) in [7, 11) is 0. The molecule has 0 spiro atoms. The first-order valence-corrected chi connectivity index (χ1v) is 7.11. The Hall–Kier alpha value is -1.87. The molecule has 2 aromatic rings. The van der Waals surface area contributed by atoms with E-state index in [4.69, 9.17) is 5.11 Å². The van der Waals surface area contributed by atoms with E-state index in [1.807, 2.05) is 31.2 Å². The summed E-state index contributed by atoms with van der Waals surface area (Å²) in [4.78, 5) is 12.0. The van der Waals surface area contributed by atoms with Gasteiger partial charge in [-0.25, -0.2) is 0 Å². The van der Waals surface area contributed by atoms with Gasteiger partial charge in [0.15, 0.2) is 0 Å². The Kier molecular flexibility index (Phi) is 5.13. The van der Waals surface area contributed by atoms with Crippen LogP contribution >= 0.6 is 0 Å². The molecule has 0 saturated heterocycles. The van der Waals surface area contributed by atoms with Crippen molar-refractivity contribution in [3.8, 4) is 0 Å². The second-order valence-corrected chi connectivity index (χ2v) is 5.04. The molecule has 106 valence electrons. The molecule has 1 unspecified atom stereocenters. The lowest BCUT2D eigenvalue weighted by molar-refractivity contribution is -0.121. The molecule has 1 atom stereocenters. The van der Waals surface area contributed by atoms with Crippen LogP contribution in [0, 0.1) is 0 Å². The third-order valence-corrected chi connectivity index (χ3v) is 3.51.